The first-order valence-corrected chi connectivity index (χ1v) is 14.4. The number of hydrogen-bond acceptors (Lipinski definition) is 8. The Balaban J connectivity index is 0.00000253. The predicted molar refractivity (Wildman–Crippen MR) is 136 cm³/mol. The van der Waals surface area contributed by atoms with Gasteiger partial charge in [-0.15, -0.1) is 0 Å². The molecule has 4 rings (SSSR count). The Kier molecular flexibility index (Phi) is 12.6. The quantitative estimate of drug-likeness (QED) is 0.118. The van der Waals surface area contributed by atoms with E-state index in [0.717, 1.165) is 32.7 Å². The third kappa shape index (κ3) is 8.92. The molecule has 0 aromatic heterocycles. The van der Waals surface area contributed by atoms with Gasteiger partial charge in [-0.1, -0.05) is 60.7 Å². The van der Waals surface area contributed by atoms with Crippen LogP contribution >= 0.6 is 0 Å². The van der Waals surface area contributed by atoms with E-state index in [1.54, 1.807) is 12.1 Å². The van der Waals surface area contributed by atoms with Gasteiger partial charge in [0, 0.05) is 22.6 Å². The summed E-state index contributed by atoms with van der Waals surface area (Å²) in [6, 6.07) is 22.8. The first kappa shape index (κ1) is 33.0. The zero-order valence-electron chi connectivity index (χ0n) is 21.3. The average molecular weight is 575 g/mol. The van der Waals surface area contributed by atoms with Gasteiger partial charge in [-0.3, -0.25) is 0 Å². The molecule has 0 radical (unpaired) electrons. The number of rotatable bonds is 11. The van der Waals surface area contributed by atoms with Crippen LogP contribution in [0.15, 0.2) is 72.8 Å². The second-order valence-corrected chi connectivity index (χ2v) is 11.3. The van der Waals surface area contributed by atoms with E-state index in [2.05, 4.69) is 0 Å². The fourth-order valence-corrected chi connectivity index (χ4v) is 5.04. The molecule has 0 N–H and O–H groups in total. The van der Waals surface area contributed by atoms with E-state index in [0.29, 0.717) is 11.5 Å². The molecule has 0 aliphatic rings. The minimum absolute atomic E-state index is 0. The molecule has 0 unspecified atom stereocenters. The Bertz CT molecular complexity index is 1490. The fourth-order valence-electron chi connectivity index (χ4n) is 4.10. The fraction of sp³-hybridized carbons (Fsp3) is 0.231. The van der Waals surface area contributed by atoms with Gasteiger partial charge in [-0.2, -0.15) is 0 Å². The smallest absolute Gasteiger partial charge is 0.748 e. The molecule has 4 aromatic carbocycles. The van der Waals surface area contributed by atoms with E-state index in [9.17, 15) is 25.9 Å². The molecular weight excluding hydrogens is 550 g/mol. The molecule has 0 aliphatic carbocycles. The molecule has 0 fully saturated rings. The van der Waals surface area contributed by atoms with Gasteiger partial charge in [0.1, 0.15) is 11.5 Å². The predicted octanol–water partition coefficient (Wildman–Crippen LogP) is -1.70. The van der Waals surface area contributed by atoms with Crippen molar-refractivity contribution in [1.29, 1.82) is 0 Å². The van der Waals surface area contributed by atoms with Crippen molar-refractivity contribution in [2.45, 2.75) is 12.8 Å². The molecule has 0 bridgehead atoms. The number of hydrogen-bond donors (Lipinski definition) is 0. The monoisotopic (exact) mass is 574 g/mol. The summed E-state index contributed by atoms with van der Waals surface area (Å²) < 4.78 is 78.0. The molecule has 4 aromatic rings. The second-order valence-electron chi connectivity index (χ2n) is 8.25. The number of benzene rings is 4. The normalized spacial score (nSPS) is 11.5. The maximum Gasteiger partial charge on any atom is 1.00 e. The van der Waals surface area contributed by atoms with E-state index < -0.39 is 31.7 Å². The first-order valence-electron chi connectivity index (χ1n) is 11.3. The molecule has 0 atom stereocenters. The summed E-state index contributed by atoms with van der Waals surface area (Å²) in [5, 5.41) is 3.63. The van der Waals surface area contributed by atoms with E-state index in [1.165, 1.54) is 0 Å². The number of fused-ring (bicyclic) bond motifs is 2. The largest absolute Gasteiger partial charge is 1.00 e. The van der Waals surface area contributed by atoms with Crippen molar-refractivity contribution in [3.05, 3.63) is 72.8 Å². The number of ether oxygens (including phenoxy) is 2. The first-order chi connectivity index (χ1) is 17.1. The van der Waals surface area contributed by atoms with Crippen LogP contribution in [0.4, 0.5) is 0 Å². The molecule has 38 heavy (non-hydrogen) atoms. The Morgan fingerprint density at radius 1 is 0.553 bits per heavy atom. The van der Waals surface area contributed by atoms with Crippen molar-refractivity contribution in [2.24, 2.45) is 0 Å². The van der Waals surface area contributed by atoms with Crippen LogP contribution in [0.2, 0.25) is 0 Å². The van der Waals surface area contributed by atoms with Crippen LogP contribution < -0.4 is 68.6 Å². The van der Waals surface area contributed by atoms with Gasteiger partial charge in [0.25, 0.3) is 0 Å². The topological polar surface area (TPSA) is 133 Å². The summed E-state index contributed by atoms with van der Waals surface area (Å²) in [6.07, 6.45) is 0.0847. The van der Waals surface area contributed by atoms with Gasteiger partial charge in [-0.05, 0) is 46.5 Å². The summed E-state index contributed by atoms with van der Waals surface area (Å²) in [4.78, 5) is 0. The molecule has 190 valence electrons. The zero-order chi connectivity index (χ0) is 25.8. The van der Waals surface area contributed by atoms with Crippen molar-refractivity contribution in [3.63, 3.8) is 0 Å². The average Bonchev–Trinajstić information content (AvgIpc) is 2.83. The van der Waals surface area contributed by atoms with E-state index in [4.69, 9.17) is 9.47 Å². The van der Waals surface area contributed by atoms with Crippen LogP contribution in [0.5, 0.6) is 11.5 Å². The van der Waals surface area contributed by atoms with Crippen molar-refractivity contribution >= 4 is 41.8 Å². The molecular formula is C26H24Na2O8S2. The molecule has 0 saturated carbocycles. The minimum atomic E-state index is -4.35. The summed E-state index contributed by atoms with van der Waals surface area (Å²) >= 11 is 0. The molecule has 12 heteroatoms. The van der Waals surface area contributed by atoms with Crippen LogP contribution in [0.1, 0.15) is 12.8 Å². The Morgan fingerprint density at radius 2 is 0.921 bits per heavy atom. The van der Waals surface area contributed by atoms with Crippen molar-refractivity contribution < 1.29 is 94.5 Å². The second kappa shape index (κ2) is 14.5. The summed E-state index contributed by atoms with van der Waals surface area (Å²) in [7, 11) is -8.70. The molecule has 0 heterocycles. The maximum atomic E-state index is 11.0. The Morgan fingerprint density at radius 3 is 1.29 bits per heavy atom. The van der Waals surface area contributed by atoms with Crippen LogP contribution in [0.3, 0.4) is 0 Å². The Labute approximate surface area is 266 Å². The van der Waals surface area contributed by atoms with Gasteiger partial charge in [0.2, 0.25) is 0 Å². The van der Waals surface area contributed by atoms with E-state index in [1.807, 2.05) is 60.7 Å². The van der Waals surface area contributed by atoms with Crippen LogP contribution in [0, 0.1) is 0 Å². The minimum Gasteiger partial charge on any atom is -0.748 e. The van der Waals surface area contributed by atoms with E-state index in [-0.39, 0.29) is 85.2 Å². The zero-order valence-corrected chi connectivity index (χ0v) is 26.9. The molecule has 0 spiro atoms. The van der Waals surface area contributed by atoms with Crippen LogP contribution in [-0.2, 0) is 20.2 Å². The Hall–Kier alpha value is -1.18. The van der Waals surface area contributed by atoms with Gasteiger partial charge < -0.3 is 18.6 Å². The van der Waals surface area contributed by atoms with Gasteiger partial charge >= 0.3 is 59.1 Å². The third-order valence-electron chi connectivity index (χ3n) is 5.62. The SMILES string of the molecule is O=S(=O)([O-])CCCOc1ccc2ccccc2c1-c1c(OCCCS(=O)(=O)[O-])ccc2ccccc12.[Na+].[Na+]. The van der Waals surface area contributed by atoms with Gasteiger partial charge in [-0.25, -0.2) is 16.8 Å². The molecule has 8 nitrogen and oxygen atoms in total. The van der Waals surface area contributed by atoms with Gasteiger partial charge in [0.05, 0.1) is 33.5 Å². The van der Waals surface area contributed by atoms with E-state index >= 15 is 0 Å². The summed E-state index contributed by atoms with van der Waals surface area (Å²) in [6.45, 7) is 0.0459. The summed E-state index contributed by atoms with van der Waals surface area (Å²) in [5.74, 6) is -0.0804. The molecule has 0 saturated heterocycles. The van der Waals surface area contributed by atoms with Crippen molar-refractivity contribution in [2.75, 3.05) is 24.7 Å². The standard InChI is InChI=1S/C26H26O8S2.2Na/c27-35(28,29)17-5-15-33-23-13-11-19-7-1-3-9-21(19)25(23)26-22-10-4-2-8-20(22)12-14-24(26)34-16-6-18-36(30,31)32;;/h1-4,7-14H,5-6,15-18H2,(H,27,28,29)(H,30,31,32);;/q;2*+1/p-2. The molecule has 0 aliphatic heterocycles. The molecule has 0 amide bonds. The van der Waals surface area contributed by atoms with Crippen LogP contribution in [0.25, 0.3) is 32.7 Å². The van der Waals surface area contributed by atoms with Crippen LogP contribution in [-0.4, -0.2) is 50.7 Å². The van der Waals surface area contributed by atoms with Gasteiger partial charge in [0.15, 0.2) is 0 Å². The van der Waals surface area contributed by atoms with Crippen molar-refractivity contribution in [1.82, 2.24) is 0 Å². The third-order valence-corrected chi connectivity index (χ3v) is 7.20. The summed E-state index contributed by atoms with van der Waals surface area (Å²) in [5.41, 5.74) is 1.45. The maximum absolute atomic E-state index is 11.0. The van der Waals surface area contributed by atoms with Crippen molar-refractivity contribution in [3.8, 4) is 22.6 Å².